The Balaban J connectivity index is 2.74. The fraction of sp³-hybridized carbons (Fsp3) is 0.267. The molecule has 0 aliphatic heterocycles. The van der Waals surface area contributed by atoms with Crippen molar-refractivity contribution in [3.05, 3.63) is 40.2 Å². The molecule has 122 valence electrons. The van der Waals surface area contributed by atoms with Gasteiger partial charge in [-0.2, -0.15) is 0 Å². The number of primary amides is 1. The Kier molecular flexibility index (Phi) is 4.37. The van der Waals surface area contributed by atoms with Crippen LogP contribution in [0.15, 0.2) is 33.5 Å². The molecule has 1 aromatic carbocycles. The van der Waals surface area contributed by atoms with Crippen molar-refractivity contribution in [2.45, 2.75) is 12.0 Å². The highest BCUT2D eigenvalue weighted by atomic mass is 16.4. The summed E-state index contributed by atoms with van der Waals surface area (Å²) in [5.74, 6) is -3.76. The van der Waals surface area contributed by atoms with Gasteiger partial charge < -0.3 is 25.9 Å². The van der Waals surface area contributed by atoms with Crippen LogP contribution in [0.5, 0.6) is 0 Å². The van der Waals surface area contributed by atoms with Crippen LogP contribution in [0.2, 0.25) is 0 Å². The number of fused-ring (bicyclic) bond motifs is 1. The lowest BCUT2D eigenvalue weighted by Crippen LogP contribution is -2.44. The Bertz CT molecular complexity index is 827. The summed E-state index contributed by atoms with van der Waals surface area (Å²) < 4.78 is 5.13. The van der Waals surface area contributed by atoms with Crippen LogP contribution >= 0.6 is 0 Å². The van der Waals surface area contributed by atoms with Crippen LogP contribution in [0.25, 0.3) is 11.0 Å². The van der Waals surface area contributed by atoms with E-state index in [1.165, 1.54) is 0 Å². The number of benzene rings is 1. The van der Waals surface area contributed by atoms with Crippen LogP contribution in [-0.4, -0.2) is 37.1 Å². The van der Waals surface area contributed by atoms with Gasteiger partial charge in [0.15, 0.2) is 0 Å². The number of hydrogen-bond acceptors (Lipinski definition) is 6. The van der Waals surface area contributed by atoms with Gasteiger partial charge in [-0.25, -0.2) is 4.79 Å². The third-order valence-corrected chi connectivity index (χ3v) is 3.57. The standard InChI is InChI=1S/C15H17N3O5/c1-18(2)7-3-4-8-9(6-11(19)23-10(8)5-7)12(15(21)22)13(16)14(17)20/h3-6,12-13H,16H2,1-2H3,(H2,17,20)(H,21,22). The Hall–Kier alpha value is -2.87. The molecule has 0 saturated heterocycles. The van der Waals surface area contributed by atoms with Gasteiger partial charge >= 0.3 is 11.6 Å². The fourth-order valence-corrected chi connectivity index (χ4v) is 2.36. The number of anilines is 1. The molecule has 8 nitrogen and oxygen atoms in total. The topological polar surface area (TPSA) is 140 Å². The van der Waals surface area contributed by atoms with Crippen molar-refractivity contribution in [2.75, 3.05) is 19.0 Å². The Morgan fingerprint density at radius 3 is 2.43 bits per heavy atom. The summed E-state index contributed by atoms with van der Waals surface area (Å²) in [4.78, 5) is 36.4. The maximum Gasteiger partial charge on any atom is 0.336 e. The zero-order chi connectivity index (χ0) is 17.3. The van der Waals surface area contributed by atoms with Gasteiger partial charge in [0.05, 0.1) is 0 Å². The highest BCUT2D eigenvalue weighted by Gasteiger charge is 2.33. The lowest BCUT2D eigenvalue weighted by atomic mass is 9.89. The van der Waals surface area contributed by atoms with E-state index >= 15 is 0 Å². The van der Waals surface area contributed by atoms with E-state index in [9.17, 15) is 19.5 Å². The summed E-state index contributed by atoms with van der Waals surface area (Å²) in [5, 5.41) is 9.80. The summed E-state index contributed by atoms with van der Waals surface area (Å²) in [5.41, 5.74) is 11.1. The van der Waals surface area contributed by atoms with E-state index in [2.05, 4.69) is 0 Å². The maximum absolute atomic E-state index is 11.8. The summed E-state index contributed by atoms with van der Waals surface area (Å²) in [7, 11) is 3.62. The first-order chi connectivity index (χ1) is 10.7. The number of hydrogen-bond donors (Lipinski definition) is 3. The van der Waals surface area contributed by atoms with Crippen LogP contribution in [0.1, 0.15) is 11.5 Å². The predicted octanol–water partition coefficient (Wildman–Crippen LogP) is -0.160. The second-order valence-electron chi connectivity index (χ2n) is 5.34. The van der Waals surface area contributed by atoms with Gasteiger partial charge in [0.1, 0.15) is 17.5 Å². The number of carboxylic acids is 1. The molecular weight excluding hydrogens is 302 g/mol. The molecule has 8 heteroatoms. The monoisotopic (exact) mass is 319 g/mol. The second kappa shape index (κ2) is 6.09. The van der Waals surface area contributed by atoms with E-state index in [4.69, 9.17) is 15.9 Å². The molecule has 0 aliphatic carbocycles. The van der Waals surface area contributed by atoms with Crippen molar-refractivity contribution in [2.24, 2.45) is 11.5 Å². The van der Waals surface area contributed by atoms with E-state index in [0.717, 1.165) is 11.8 Å². The average molecular weight is 319 g/mol. The molecule has 0 fully saturated rings. The quantitative estimate of drug-likeness (QED) is 0.650. The number of aliphatic carboxylic acids is 1. The molecule has 2 aromatic rings. The lowest BCUT2D eigenvalue weighted by Gasteiger charge is -2.19. The molecule has 1 amide bonds. The molecule has 23 heavy (non-hydrogen) atoms. The van der Waals surface area contributed by atoms with Crippen molar-refractivity contribution in [3.63, 3.8) is 0 Å². The molecule has 2 unspecified atom stereocenters. The first-order valence-electron chi connectivity index (χ1n) is 6.75. The van der Waals surface area contributed by atoms with E-state index in [-0.39, 0.29) is 11.1 Å². The van der Waals surface area contributed by atoms with E-state index in [1.54, 1.807) is 23.1 Å². The minimum absolute atomic E-state index is 0.0976. The first-order valence-corrected chi connectivity index (χ1v) is 6.75. The summed E-state index contributed by atoms with van der Waals surface area (Å²) in [6, 6.07) is 4.52. The summed E-state index contributed by atoms with van der Waals surface area (Å²) >= 11 is 0. The maximum atomic E-state index is 11.8. The molecule has 5 N–H and O–H groups in total. The Morgan fingerprint density at radius 2 is 1.91 bits per heavy atom. The van der Waals surface area contributed by atoms with E-state index in [0.29, 0.717) is 5.39 Å². The zero-order valence-corrected chi connectivity index (χ0v) is 12.6. The fourth-order valence-electron chi connectivity index (χ4n) is 2.36. The number of carbonyl (C=O) groups excluding carboxylic acids is 1. The van der Waals surface area contributed by atoms with E-state index in [1.807, 2.05) is 14.1 Å². The van der Waals surface area contributed by atoms with Crippen LogP contribution in [-0.2, 0) is 9.59 Å². The molecule has 0 radical (unpaired) electrons. The predicted molar refractivity (Wildman–Crippen MR) is 84.4 cm³/mol. The van der Waals surface area contributed by atoms with Gasteiger partial charge in [0.25, 0.3) is 0 Å². The number of rotatable bonds is 5. The number of carbonyl (C=O) groups is 2. The Morgan fingerprint density at radius 1 is 1.26 bits per heavy atom. The molecule has 1 heterocycles. The van der Waals surface area contributed by atoms with Crippen LogP contribution in [0.3, 0.4) is 0 Å². The number of nitrogens with zero attached hydrogens (tertiary/aromatic N) is 1. The van der Waals surface area contributed by atoms with Gasteiger partial charge in [-0.1, -0.05) is 0 Å². The number of nitrogens with two attached hydrogens (primary N) is 2. The zero-order valence-electron chi connectivity index (χ0n) is 12.6. The van der Waals surface area contributed by atoms with Gasteiger partial charge in [0, 0.05) is 37.3 Å². The molecule has 2 atom stereocenters. The smallest absolute Gasteiger partial charge is 0.336 e. The van der Waals surface area contributed by atoms with Crippen LogP contribution in [0.4, 0.5) is 5.69 Å². The molecule has 0 bridgehead atoms. The molecule has 0 spiro atoms. The lowest BCUT2D eigenvalue weighted by molar-refractivity contribution is -0.141. The minimum Gasteiger partial charge on any atom is -0.481 e. The SMILES string of the molecule is CN(C)c1ccc2c(C(C(=O)O)C(N)C(N)=O)cc(=O)oc2c1. The molecule has 0 saturated carbocycles. The Labute approximate surface area is 131 Å². The molecular formula is C15H17N3O5. The number of amides is 1. The van der Waals surface area contributed by atoms with Gasteiger partial charge in [-0.05, 0) is 17.7 Å². The number of carboxylic acid groups (broad SMARTS) is 1. The molecule has 0 aliphatic rings. The highest BCUT2D eigenvalue weighted by molar-refractivity contribution is 5.94. The minimum atomic E-state index is -1.47. The highest BCUT2D eigenvalue weighted by Crippen LogP contribution is 2.29. The second-order valence-corrected chi connectivity index (χ2v) is 5.34. The normalized spacial score (nSPS) is 13.5. The van der Waals surface area contributed by atoms with Gasteiger partial charge in [-0.3, -0.25) is 9.59 Å². The molecule has 1 aromatic heterocycles. The first kappa shape index (κ1) is 16.5. The summed E-state index contributed by atoms with van der Waals surface area (Å²) in [6.07, 6.45) is 0. The van der Waals surface area contributed by atoms with Crippen molar-refractivity contribution in [3.8, 4) is 0 Å². The third kappa shape index (κ3) is 3.16. The van der Waals surface area contributed by atoms with E-state index < -0.39 is 29.5 Å². The average Bonchev–Trinajstić information content (AvgIpc) is 2.45. The van der Waals surface area contributed by atoms with Crippen LogP contribution in [0, 0.1) is 0 Å². The summed E-state index contributed by atoms with van der Waals surface area (Å²) in [6.45, 7) is 0. The largest absolute Gasteiger partial charge is 0.481 e. The van der Waals surface area contributed by atoms with Crippen LogP contribution < -0.4 is 22.0 Å². The van der Waals surface area contributed by atoms with Crippen molar-refractivity contribution < 1.29 is 19.1 Å². The van der Waals surface area contributed by atoms with Crippen molar-refractivity contribution in [1.29, 1.82) is 0 Å². The third-order valence-electron chi connectivity index (χ3n) is 3.57. The van der Waals surface area contributed by atoms with Gasteiger partial charge in [0.2, 0.25) is 5.91 Å². The van der Waals surface area contributed by atoms with Crippen molar-refractivity contribution >= 4 is 28.5 Å². The molecule has 2 rings (SSSR count). The van der Waals surface area contributed by atoms with Crippen molar-refractivity contribution in [1.82, 2.24) is 0 Å². The van der Waals surface area contributed by atoms with Gasteiger partial charge in [-0.15, -0.1) is 0 Å².